The summed E-state index contributed by atoms with van der Waals surface area (Å²) in [5, 5.41) is 3.09. The Bertz CT molecular complexity index is 951. The van der Waals surface area contributed by atoms with Crippen LogP contribution in [-0.2, 0) is 21.4 Å². The number of carbonyl (C=O) groups excluding carboxylic acids is 1. The highest BCUT2D eigenvalue weighted by Crippen LogP contribution is 2.22. The van der Waals surface area contributed by atoms with Gasteiger partial charge in [-0.15, -0.1) is 0 Å². The summed E-state index contributed by atoms with van der Waals surface area (Å²) in [6.07, 6.45) is 7.79. The van der Waals surface area contributed by atoms with Crippen LogP contribution in [0.2, 0.25) is 0 Å². The fourth-order valence-electron chi connectivity index (χ4n) is 3.91. The molecule has 1 amide bonds. The number of sulfonamides is 1. The summed E-state index contributed by atoms with van der Waals surface area (Å²) in [4.78, 5) is 13.1. The molecule has 1 aliphatic rings. The van der Waals surface area contributed by atoms with Gasteiger partial charge in [-0.3, -0.25) is 4.79 Å². The first-order valence-electron chi connectivity index (χ1n) is 11.0. The smallest absolute Gasteiger partial charge is 0.243 e. The molecule has 1 fully saturated rings. The molecule has 7 heteroatoms. The van der Waals surface area contributed by atoms with Crippen LogP contribution in [0.3, 0.4) is 0 Å². The molecule has 1 aliphatic carbocycles. The second kappa shape index (κ2) is 11.2. The zero-order valence-corrected chi connectivity index (χ0v) is 20.4. The number of nitrogens with zero attached hydrogens (tertiary/aromatic N) is 1. The van der Waals surface area contributed by atoms with Gasteiger partial charge in [0.05, 0.1) is 11.4 Å². The summed E-state index contributed by atoms with van der Waals surface area (Å²) >= 11 is 3.34. The van der Waals surface area contributed by atoms with E-state index in [0.29, 0.717) is 0 Å². The Balaban J connectivity index is 1.78. The number of halogens is 1. The predicted molar refractivity (Wildman–Crippen MR) is 127 cm³/mol. The zero-order valence-electron chi connectivity index (χ0n) is 18.0. The molecular weight excluding hydrogens is 476 g/mol. The van der Waals surface area contributed by atoms with Crippen LogP contribution in [0.1, 0.15) is 56.1 Å². The van der Waals surface area contributed by atoms with E-state index in [1.807, 2.05) is 31.2 Å². The second-order valence-corrected chi connectivity index (χ2v) is 11.2. The molecule has 0 atom stereocenters. The average molecular weight is 507 g/mol. The molecule has 0 spiro atoms. The lowest BCUT2D eigenvalue weighted by molar-refractivity contribution is -0.122. The Morgan fingerprint density at radius 3 is 2.16 bits per heavy atom. The molecule has 0 aromatic heterocycles. The van der Waals surface area contributed by atoms with Crippen molar-refractivity contribution in [2.75, 3.05) is 6.54 Å². The van der Waals surface area contributed by atoms with Crippen LogP contribution in [0, 0.1) is 6.92 Å². The standard InChI is InChI=1S/C24H31BrN2O3S/c1-19-9-11-20(12-10-19)17-27(31(29,30)23-15-13-21(25)14-16-23)18-24(28)26-22-7-5-3-2-4-6-8-22/h9-16,22H,2-8,17-18H2,1H3,(H,26,28). The number of carbonyl (C=O) groups is 1. The van der Waals surface area contributed by atoms with Crippen molar-refractivity contribution in [3.05, 3.63) is 64.1 Å². The first kappa shape index (κ1) is 24.0. The maximum atomic E-state index is 13.4. The van der Waals surface area contributed by atoms with Crippen molar-refractivity contribution < 1.29 is 13.2 Å². The normalized spacial score (nSPS) is 16.0. The van der Waals surface area contributed by atoms with Crippen LogP contribution < -0.4 is 5.32 Å². The molecule has 168 valence electrons. The Kier molecular flexibility index (Phi) is 8.69. The van der Waals surface area contributed by atoms with E-state index in [9.17, 15) is 13.2 Å². The number of aryl methyl sites for hydroxylation is 1. The molecule has 0 bridgehead atoms. The summed E-state index contributed by atoms with van der Waals surface area (Å²) in [7, 11) is -3.82. The highest BCUT2D eigenvalue weighted by molar-refractivity contribution is 9.10. The number of nitrogens with one attached hydrogen (secondary N) is 1. The number of amides is 1. The van der Waals surface area contributed by atoms with Crippen molar-refractivity contribution in [3.8, 4) is 0 Å². The van der Waals surface area contributed by atoms with Crippen molar-refractivity contribution in [1.82, 2.24) is 9.62 Å². The lowest BCUT2D eigenvalue weighted by Gasteiger charge is -2.25. The molecule has 0 heterocycles. The van der Waals surface area contributed by atoms with E-state index in [-0.39, 0.29) is 29.9 Å². The monoisotopic (exact) mass is 506 g/mol. The fraction of sp³-hybridized carbons (Fsp3) is 0.458. The molecule has 0 radical (unpaired) electrons. The molecule has 1 N–H and O–H groups in total. The number of hydrogen-bond donors (Lipinski definition) is 1. The van der Waals surface area contributed by atoms with E-state index in [1.165, 1.54) is 23.6 Å². The Labute approximate surface area is 194 Å². The first-order chi connectivity index (χ1) is 14.8. The number of hydrogen-bond acceptors (Lipinski definition) is 3. The lowest BCUT2D eigenvalue weighted by Crippen LogP contribution is -2.44. The molecule has 5 nitrogen and oxygen atoms in total. The van der Waals surface area contributed by atoms with Gasteiger partial charge in [0.15, 0.2) is 0 Å². The van der Waals surface area contributed by atoms with Gasteiger partial charge in [0.1, 0.15) is 0 Å². The van der Waals surface area contributed by atoms with Crippen LogP contribution in [-0.4, -0.2) is 31.2 Å². The summed E-state index contributed by atoms with van der Waals surface area (Å²) in [6, 6.07) is 14.4. The molecule has 2 aromatic carbocycles. The number of benzene rings is 2. The topological polar surface area (TPSA) is 66.5 Å². The van der Waals surface area contributed by atoms with Crippen LogP contribution >= 0.6 is 15.9 Å². The van der Waals surface area contributed by atoms with Gasteiger partial charge < -0.3 is 5.32 Å². The maximum absolute atomic E-state index is 13.4. The summed E-state index contributed by atoms with van der Waals surface area (Å²) < 4.78 is 28.8. The van der Waals surface area contributed by atoms with Gasteiger partial charge in [-0.1, -0.05) is 77.9 Å². The molecule has 31 heavy (non-hydrogen) atoms. The first-order valence-corrected chi connectivity index (χ1v) is 13.2. The van der Waals surface area contributed by atoms with Gasteiger partial charge in [0.2, 0.25) is 15.9 Å². The van der Waals surface area contributed by atoms with E-state index < -0.39 is 10.0 Å². The summed E-state index contributed by atoms with van der Waals surface area (Å²) in [5.41, 5.74) is 1.96. The number of rotatable bonds is 7. The molecule has 3 rings (SSSR count). The van der Waals surface area contributed by atoms with Gasteiger partial charge in [-0.05, 0) is 49.6 Å². The van der Waals surface area contributed by atoms with Gasteiger partial charge in [0, 0.05) is 17.1 Å². The van der Waals surface area contributed by atoms with Crippen LogP contribution in [0.15, 0.2) is 57.9 Å². The van der Waals surface area contributed by atoms with Gasteiger partial charge in [-0.25, -0.2) is 8.42 Å². The zero-order chi connectivity index (χ0) is 22.3. The fourth-order valence-corrected chi connectivity index (χ4v) is 5.56. The SMILES string of the molecule is Cc1ccc(CN(CC(=O)NC2CCCCCCC2)S(=O)(=O)c2ccc(Br)cc2)cc1. The molecule has 0 aliphatic heterocycles. The van der Waals surface area contributed by atoms with E-state index in [1.54, 1.807) is 24.3 Å². The second-order valence-electron chi connectivity index (χ2n) is 8.32. The minimum atomic E-state index is -3.82. The van der Waals surface area contributed by atoms with Crippen molar-refractivity contribution in [1.29, 1.82) is 0 Å². The lowest BCUT2D eigenvalue weighted by atomic mass is 9.97. The molecule has 0 saturated heterocycles. The molecular formula is C24H31BrN2O3S. The Hall–Kier alpha value is -1.70. The largest absolute Gasteiger partial charge is 0.352 e. The highest BCUT2D eigenvalue weighted by Gasteiger charge is 2.27. The summed E-state index contributed by atoms with van der Waals surface area (Å²) in [5.74, 6) is -0.238. The third-order valence-corrected chi connectivity index (χ3v) is 8.06. The highest BCUT2D eigenvalue weighted by atomic mass is 79.9. The Morgan fingerprint density at radius 1 is 0.968 bits per heavy atom. The van der Waals surface area contributed by atoms with Gasteiger partial charge in [-0.2, -0.15) is 4.31 Å². The van der Waals surface area contributed by atoms with E-state index >= 15 is 0 Å². The third-order valence-electron chi connectivity index (χ3n) is 5.72. The molecule has 2 aromatic rings. The molecule has 1 saturated carbocycles. The van der Waals surface area contributed by atoms with Crippen molar-refractivity contribution in [2.24, 2.45) is 0 Å². The minimum absolute atomic E-state index is 0.129. The molecule has 0 unspecified atom stereocenters. The van der Waals surface area contributed by atoms with Crippen molar-refractivity contribution >= 4 is 31.9 Å². The average Bonchev–Trinajstić information content (AvgIpc) is 2.71. The van der Waals surface area contributed by atoms with Crippen molar-refractivity contribution in [3.63, 3.8) is 0 Å². The third kappa shape index (κ3) is 7.16. The van der Waals surface area contributed by atoms with Crippen LogP contribution in [0.4, 0.5) is 0 Å². The Morgan fingerprint density at radius 2 is 1.55 bits per heavy atom. The van der Waals surface area contributed by atoms with Crippen LogP contribution in [0.25, 0.3) is 0 Å². The van der Waals surface area contributed by atoms with E-state index in [0.717, 1.165) is 41.3 Å². The maximum Gasteiger partial charge on any atom is 0.243 e. The van der Waals surface area contributed by atoms with Gasteiger partial charge in [0.25, 0.3) is 0 Å². The quantitative estimate of drug-likeness (QED) is 0.562. The van der Waals surface area contributed by atoms with E-state index in [4.69, 9.17) is 0 Å². The predicted octanol–water partition coefficient (Wildman–Crippen LogP) is 5.18. The van der Waals surface area contributed by atoms with Gasteiger partial charge >= 0.3 is 0 Å². The summed E-state index contributed by atoms with van der Waals surface area (Å²) in [6.45, 7) is 1.95. The van der Waals surface area contributed by atoms with E-state index in [2.05, 4.69) is 21.2 Å². The minimum Gasteiger partial charge on any atom is -0.352 e. The van der Waals surface area contributed by atoms with Crippen LogP contribution in [0.5, 0.6) is 0 Å². The van der Waals surface area contributed by atoms with Crippen molar-refractivity contribution in [2.45, 2.75) is 69.4 Å².